The molecule has 39 heavy (non-hydrogen) atoms. The van der Waals surface area contributed by atoms with Crippen LogP contribution in [0.5, 0.6) is 0 Å². The molecule has 2 fully saturated rings. The summed E-state index contributed by atoms with van der Waals surface area (Å²) >= 11 is 0. The molecule has 2 saturated heterocycles. The van der Waals surface area contributed by atoms with Gasteiger partial charge < -0.3 is 19.8 Å². The van der Waals surface area contributed by atoms with Crippen LogP contribution >= 0.6 is 0 Å². The zero-order valence-corrected chi connectivity index (χ0v) is 22.2. The standard InChI is InChI=1S/C29H37N5O5/c35-24-9-16-34(27(37)26-22-5-1-2-6-23(22)31-32-26)15-4-3-10-29(28(38)39-20-25(24)36)11-17-33(18-12-29)19-21-7-13-30-14-8-21/h1-2,5-8,13-14,24-25,35-36H,3-4,9-12,15-20H2,(H,31,32)/t24-,25+/m0/s1. The molecule has 3 N–H and O–H groups in total. The van der Waals surface area contributed by atoms with Crippen LogP contribution in [0.2, 0.25) is 0 Å². The maximum absolute atomic E-state index is 13.5. The Kier molecular flexibility index (Phi) is 8.54. The zero-order chi connectivity index (χ0) is 27.2. The zero-order valence-electron chi connectivity index (χ0n) is 22.2. The molecule has 5 rings (SSSR count). The molecule has 0 aliphatic carbocycles. The second-order valence-electron chi connectivity index (χ2n) is 10.8. The Labute approximate surface area is 228 Å². The number of likely N-dealkylation sites (tertiary alicyclic amines) is 1. The Morgan fingerprint density at radius 3 is 2.56 bits per heavy atom. The predicted molar refractivity (Wildman–Crippen MR) is 145 cm³/mol. The van der Waals surface area contributed by atoms with Gasteiger partial charge in [0.25, 0.3) is 5.91 Å². The smallest absolute Gasteiger partial charge is 0.312 e. The van der Waals surface area contributed by atoms with E-state index in [0.29, 0.717) is 37.9 Å². The Morgan fingerprint density at radius 1 is 1.00 bits per heavy atom. The highest BCUT2D eigenvalue weighted by Crippen LogP contribution is 2.39. The third-order valence-electron chi connectivity index (χ3n) is 8.22. The molecule has 3 aromatic rings. The normalized spacial score (nSPS) is 23.5. The molecule has 2 aliphatic heterocycles. The molecule has 0 saturated carbocycles. The fourth-order valence-electron chi connectivity index (χ4n) is 5.70. The largest absolute Gasteiger partial charge is 0.462 e. The number of benzene rings is 1. The molecule has 1 spiro atoms. The molecule has 2 aromatic heterocycles. The summed E-state index contributed by atoms with van der Waals surface area (Å²) in [4.78, 5) is 35.0. The number of esters is 1. The van der Waals surface area contributed by atoms with Gasteiger partial charge in [0.1, 0.15) is 12.7 Å². The molecular formula is C29H37N5O5. The van der Waals surface area contributed by atoms with E-state index in [0.717, 1.165) is 37.0 Å². The van der Waals surface area contributed by atoms with E-state index in [1.165, 1.54) is 5.56 Å². The number of aliphatic hydroxyl groups excluding tert-OH is 2. The van der Waals surface area contributed by atoms with E-state index in [1.54, 1.807) is 17.3 Å². The number of carbonyl (C=O) groups is 2. The molecule has 208 valence electrons. The van der Waals surface area contributed by atoms with Crippen molar-refractivity contribution in [3.63, 3.8) is 0 Å². The van der Waals surface area contributed by atoms with Gasteiger partial charge in [0.15, 0.2) is 5.69 Å². The Hall–Kier alpha value is -3.34. The number of hydrogen-bond acceptors (Lipinski definition) is 8. The number of aromatic amines is 1. The first-order valence-corrected chi connectivity index (χ1v) is 13.8. The van der Waals surface area contributed by atoms with Gasteiger partial charge >= 0.3 is 5.97 Å². The molecule has 4 heterocycles. The number of fused-ring (bicyclic) bond motifs is 1. The summed E-state index contributed by atoms with van der Waals surface area (Å²) in [5.41, 5.74) is 1.68. The lowest BCUT2D eigenvalue weighted by molar-refractivity contribution is -0.165. The van der Waals surface area contributed by atoms with Crippen molar-refractivity contribution in [3.05, 3.63) is 60.0 Å². The average molecular weight is 536 g/mol. The first-order chi connectivity index (χ1) is 18.9. The van der Waals surface area contributed by atoms with Crippen molar-refractivity contribution in [2.24, 2.45) is 5.41 Å². The van der Waals surface area contributed by atoms with Gasteiger partial charge in [-0.15, -0.1) is 0 Å². The quantitative estimate of drug-likeness (QED) is 0.436. The molecule has 10 nitrogen and oxygen atoms in total. The number of pyridine rings is 1. The summed E-state index contributed by atoms with van der Waals surface area (Å²) in [7, 11) is 0. The number of aliphatic hydroxyl groups is 2. The first kappa shape index (κ1) is 27.2. The minimum atomic E-state index is -1.22. The Balaban J connectivity index is 1.28. The third-order valence-corrected chi connectivity index (χ3v) is 8.22. The summed E-state index contributed by atoms with van der Waals surface area (Å²) in [6.45, 7) is 2.81. The van der Waals surface area contributed by atoms with Crippen molar-refractivity contribution >= 4 is 22.8 Å². The number of piperidine rings is 1. The average Bonchev–Trinajstić information content (AvgIpc) is 3.40. The lowest BCUT2D eigenvalue weighted by Gasteiger charge is -2.40. The molecule has 2 aliphatic rings. The number of rotatable bonds is 3. The third kappa shape index (κ3) is 6.29. The van der Waals surface area contributed by atoms with E-state index in [9.17, 15) is 19.8 Å². The van der Waals surface area contributed by atoms with E-state index in [1.807, 2.05) is 36.4 Å². The van der Waals surface area contributed by atoms with Crippen molar-refractivity contribution < 1.29 is 24.5 Å². The maximum atomic E-state index is 13.5. The highest BCUT2D eigenvalue weighted by molar-refractivity contribution is 6.04. The molecular weight excluding hydrogens is 498 g/mol. The van der Waals surface area contributed by atoms with Gasteiger partial charge in [0, 0.05) is 37.4 Å². The Bertz CT molecular complexity index is 1260. The van der Waals surface area contributed by atoms with Crippen LogP contribution < -0.4 is 0 Å². The van der Waals surface area contributed by atoms with Crippen LogP contribution in [0.3, 0.4) is 0 Å². The molecule has 1 aromatic carbocycles. The van der Waals surface area contributed by atoms with Crippen LogP contribution in [0.4, 0.5) is 0 Å². The molecule has 2 atom stereocenters. The topological polar surface area (TPSA) is 132 Å². The fourth-order valence-corrected chi connectivity index (χ4v) is 5.70. The fraction of sp³-hybridized carbons (Fsp3) is 0.517. The number of aromatic nitrogens is 3. The van der Waals surface area contributed by atoms with Crippen LogP contribution in [-0.4, -0.2) is 92.1 Å². The number of hydrogen-bond donors (Lipinski definition) is 3. The number of amides is 1. The van der Waals surface area contributed by atoms with Crippen LogP contribution in [-0.2, 0) is 16.1 Å². The van der Waals surface area contributed by atoms with Gasteiger partial charge in [0.2, 0.25) is 0 Å². The summed E-state index contributed by atoms with van der Waals surface area (Å²) in [5, 5.41) is 29.0. The second-order valence-corrected chi connectivity index (χ2v) is 10.8. The maximum Gasteiger partial charge on any atom is 0.312 e. The summed E-state index contributed by atoms with van der Waals surface area (Å²) in [6.07, 6.45) is 4.85. The molecule has 1 amide bonds. The van der Waals surface area contributed by atoms with Crippen LogP contribution in [0.25, 0.3) is 10.9 Å². The van der Waals surface area contributed by atoms with Crippen LogP contribution in [0.15, 0.2) is 48.8 Å². The van der Waals surface area contributed by atoms with E-state index in [4.69, 9.17) is 4.74 Å². The number of nitrogens with one attached hydrogen (secondary N) is 1. The van der Waals surface area contributed by atoms with E-state index in [2.05, 4.69) is 20.1 Å². The van der Waals surface area contributed by atoms with Gasteiger partial charge in [-0.1, -0.05) is 24.6 Å². The van der Waals surface area contributed by atoms with Gasteiger partial charge in [0.05, 0.1) is 17.0 Å². The van der Waals surface area contributed by atoms with Crippen molar-refractivity contribution in [1.82, 2.24) is 25.0 Å². The molecule has 10 heteroatoms. The van der Waals surface area contributed by atoms with Gasteiger partial charge in [-0.3, -0.25) is 24.6 Å². The molecule has 0 bridgehead atoms. The molecule has 0 unspecified atom stereocenters. The second kappa shape index (κ2) is 12.2. The van der Waals surface area contributed by atoms with Crippen molar-refractivity contribution in [2.45, 2.75) is 57.3 Å². The Morgan fingerprint density at radius 2 is 1.77 bits per heavy atom. The minimum Gasteiger partial charge on any atom is -0.462 e. The number of nitrogens with zero attached hydrogens (tertiary/aromatic N) is 4. The molecule has 0 radical (unpaired) electrons. The monoisotopic (exact) mass is 535 g/mol. The SMILES string of the molecule is O=C(c1n[nH]c2ccccc12)N1CCCCC2(CCN(Cc3ccncc3)CC2)C(=O)OC[C@@H](O)[C@@H](O)CC1. The number of cyclic esters (lactones) is 1. The van der Waals surface area contributed by atoms with Crippen molar-refractivity contribution in [2.75, 3.05) is 32.8 Å². The van der Waals surface area contributed by atoms with Crippen molar-refractivity contribution in [1.29, 1.82) is 0 Å². The van der Waals surface area contributed by atoms with Crippen LogP contribution in [0, 0.1) is 5.41 Å². The van der Waals surface area contributed by atoms with Crippen LogP contribution in [0.1, 0.15) is 54.6 Å². The van der Waals surface area contributed by atoms with E-state index in [-0.39, 0.29) is 31.4 Å². The number of H-pyrrole nitrogens is 1. The lowest BCUT2D eigenvalue weighted by Crippen LogP contribution is -2.45. The summed E-state index contributed by atoms with van der Waals surface area (Å²) < 4.78 is 5.60. The number of para-hydroxylation sites is 1. The van der Waals surface area contributed by atoms with E-state index < -0.39 is 17.6 Å². The number of ether oxygens (including phenoxy) is 1. The summed E-state index contributed by atoms with van der Waals surface area (Å²) in [6, 6.07) is 11.5. The first-order valence-electron chi connectivity index (χ1n) is 13.8. The van der Waals surface area contributed by atoms with Gasteiger partial charge in [-0.2, -0.15) is 5.10 Å². The summed E-state index contributed by atoms with van der Waals surface area (Å²) in [5.74, 6) is -0.511. The van der Waals surface area contributed by atoms with E-state index >= 15 is 0 Å². The highest BCUT2D eigenvalue weighted by Gasteiger charge is 2.42. The predicted octanol–water partition coefficient (Wildman–Crippen LogP) is 2.52. The number of carbonyl (C=O) groups excluding carboxylic acids is 2. The highest BCUT2D eigenvalue weighted by atomic mass is 16.5. The van der Waals surface area contributed by atoms with Gasteiger partial charge in [-0.25, -0.2) is 0 Å². The minimum absolute atomic E-state index is 0.169. The lowest BCUT2D eigenvalue weighted by atomic mass is 9.74. The van der Waals surface area contributed by atoms with Crippen molar-refractivity contribution in [3.8, 4) is 0 Å². The van der Waals surface area contributed by atoms with Gasteiger partial charge in [-0.05, 0) is 69.0 Å².